The summed E-state index contributed by atoms with van der Waals surface area (Å²) in [6.45, 7) is 2.87. The Balaban J connectivity index is 1.42. The van der Waals surface area contributed by atoms with Gasteiger partial charge in [-0.05, 0) is 25.0 Å². The molecule has 0 atom stereocenters. The summed E-state index contributed by atoms with van der Waals surface area (Å²) in [5.74, 6) is 0.798. The van der Waals surface area contributed by atoms with Gasteiger partial charge in [0, 0.05) is 45.0 Å². The summed E-state index contributed by atoms with van der Waals surface area (Å²) in [7, 11) is 0. The summed E-state index contributed by atoms with van der Waals surface area (Å²) in [6.07, 6.45) is 6.41. The zero-order valence-electron chi connectivity index (χ0n) is 15.3. The number of aromatic nitrogens is 2. The summed E-state index contributed by atoms with van der Waals surface area (Å²) >= 11 is 0. The zero-order valence-corrected chi connectivity index (χ0v) is 15.3. The van der Waals surface area contributed by atoms with Crippen LogP contribution in [-0.2, 0) is 4.79 Å². The minimum absolute atomic E-state index is 0.112. The highest BCUT2D eigenvalue weighted by Gasteiger charge is 2.23. The second-order valence-electron chi connectivity index (χ2n) is 6.38. The second-order valence-corrected chi connectivity index (χ2v) is 6.38. The van der Waals surface area contributed by atoms with Crippen LogP contribution in [0.15, 0.2) is 48.9 Å². The summed E-state index contributed by atoms with van der Waals surface area (Å²) in [5, 5.41) is 0. The van der Waals surface area contributed by atoms with Crippen LogP contribution >= 0.6 is 0 Å². The van der Waals surface area contributed by atoms with Gasteiger partial charge in [-0.2, -0.15) is 0 Å². The topological polar surface area (TPSA) is 75.6 Å². The Morgan fingerprint density at radius 1 is 1.00 bits per heavy atom. The lowest BCUT2D eigenvalue weighted by Gasteiger charge is -2.22. The molecule has 1 aromatic carbocycles. The van der Waals surface area contributed by atoms with Crippen molar-refractivity contribution in [2.24, 2.45) is 0 Å². The third-order valence-electron chi connectivity index (χ3n) is 4.47. The lowest BCUT2D eigenvalue weighted by molar-refractivity contribution is -0.131. The highest BCUT2D eigenvalue weighted by atomic mass is 16.5. The Morgan fingerprint density at radius 2 is 1.78 bits per heavy atom. The van der Waals surface area contributed by atoms with Gasteiger partial charge in [0.15, 0.2) is 0 Å². The summed E-state index contributed by atoms with van der Waals surface area (Å²) in [6, 6.07) is 9.59. The van der Waals surface area contributed by atoms with Crippen LogP contribution in [0, 0.1) is 0 Å². The molecular formula is C20H24N4O3. The molecule has 0 N–H and O–H groups in total. The van der Waals surface area contributed by atoms with Crippen molar-refractivity contribution in [3.8, 4) is 5.75 Å². The van der Waals surface area contributed by atoms with Gasteiger partial charge in [0.2, 0.25) is 5.91 Å². The molecular weight excluding hydrogens is 344 g/mol. The number of carbonyl (C=O) groups is 2. The summed E-state index contributed by atoms with van der Waals surface area (Å²) in [4.78, 5) is 36.5. The monoisotopic (exact) mass is 368 g/mol. The second kappa shape index (κ2) is 9.66. The van der Waals surface area contributed by atoms with E-state index >= 15 is 0 Å². The summed E-state index contributed by atoms with van der Waals surface area (Å²) < 4.78 is 5.63. The van der Waals surface area contributed by atoms with Crippen molar-refractivity contribution in [1.29, 1.82) is 0 Å². The number of amides is 2. The maximum absolute atomic E-state index is 12.5. The average molecular weight is 368 g/mol. The molecule has 2 amide bonds. The molecule has 0 bridgehead atoms. The Kier molecular flexibility index (Phi) is 6.73. The Morgan fingerprint density at radius 3 is 2.56 bits per heavy atom. The number of hydrogen-bond acceptors (Lipinski definition) is 5. The lowest BCUT2D eigenvalue weighted by atomic mass is 10.2. The van der Waals surface area contributed by atoms with E-state index in [1.165, 1.54) is 12.4 Å². The first kappa shape index (κ1) is 18.8. The lowest BCUT2D eigenvalue weighted by Crippen LogP contribution is -2.37. The number of benzene rings is 1. The van der Waals surface area contributed by atoms with Gasteiger partial charge < -0.3 is 14.5 Å². The fourth-order valence-corrected chi connectivity index (χ4v) is 3.03. The van der Waals surface area contributed by atoms with E-state index < -0.39 is 0 Å². The van der Waals surface area contributed by atoms with E-state index in [9.17, 15) is 9.59 Å². The fraction of sp³-hybridized carbons (Fsp3) is 0.400. The van der Waals surface area contributed by atoms with Crippen LogP contribution in [0.5, 0.6) is 5.75 Å². The smallest absolute Gasteiger partial charge is 0.274 e. The number of ether oxygens (including phenoxy) is 1. The standard InChI is InChI=1S/C20H24N4O3/c25-19(8-4-15-27-17-6-2-1-3-7-17)23-11-5-12-24(14-13-23)20(26)18-16-21-9-10-22-18/h1-3,6-7,9-10,16H,4-5,8,11-15H2. The van der Waals surface area contributed by atoms with Crippen molar-refractivity contribution >= 4 is 11.8 Å². The average Bonchev–Trinajstić information content (AvgIpc) is 2.98. The van der Waals surface area contributed by atoms with Crippen LogP contribution in [0.25, 0.3) is 0 Å². The molecule has 1 saturated heterocycles. The van der Waals surface area contributed by atoms with Gasteiger partial charge in [0.1, 0.15) is 11.4 Å². The van der Waals surface area contributed by atoms with E-state index in [4.69, 9.17) is 4.74 Å². The molecule has 0 radical (unpaired) electrons. The van der Waals surface area contributed by atoms with Gasteiger partial charge in [0.25, 0.3) is 5.91 Å². The van der Waals surface area contributed by atoms with Crippen LogP contribution < -0.4 is 4.74 Å². The molecule has 1 aliphatic heterocycles. The van der Waals surface area contributed by atoms with E-state index in [1.54, 1.807) is 11.1 Å². The van der Waals surface area contributed by atoms with Crippen LogP contribution in [0.3, 0.4) is 0 Å². The van der Waals surface area contributed by atoms with Crippen LogP contribution in [0.4, 0.5) is 0 Å². The van der Waals surface area contributed by atoms with Crippen molar-refractivity contribution in [3.05, 3.63) is 54.6 Å². The molecule has 7 nitrogen and oxygen atoms in total. The predicted octanol–water partition coefficient (Wildman–Crippen LogP) is 2.01. The molecule has 2 heterocycles. The zero-order chi connectivity index (χ0) is 18.9. The minimum Gasteiger partial charge on any atom is -0.494 e. The van der Waals surface area contributed by atoms with E-state index in [2.05, 4.69) is 9.97 Å². The first-order valence-electron chi connectivity index (χ1n) is 9.25. The maximum atomic E-state index is 12.5. The Hall–Kier alpha value is -2.96. The van der Waals surface area contributed by atoms with Gasteiger partial charge in [-0.1, -0.05) is 18.2 Å². The molecule has 27 heavy (non-hydrogen) atoms. The van der Waals surface area contributed by atoms with E-state index in [-0.39, 0.29) is 11.8 Å². The SMILES string of the molecule is O=C(CCCOc1ccccc1)N1CCCN(C(=O)c2cnccn2)CC1. The summed E-state index contributed by atoms with van der Waals surface area (Å²) in [5.41, 5.74) is 0.343. The van der Waals surface area contributed by atoms with Crippen molar-refractivity contribution in [2.75, 3.05) is 32.8 Å². The quantitative estimate of drug-likeness (QED) is 0.729. The van der Waals surface area contributed by atoms with Crippen LogP contribution in [-0.4, -0.2) is 64.4 Å². The van der Waals surface area contributed by atoms with Gasteiger partial charge in [0.05, 0.1) is 12.8 Å². The van der Waals surface area contributed by atoms with Gasteiger partial charge in [-0.15, -0.1) is 0 Å². The van der Waals surface area contributed by atoms with E-state index in [1.807, 2.05) is 35.2 Å². The third kappa shape index (κ3) is 5.51. The molecule has 1 fully saturated rings. The molecule has 0 unspecified atom stereocenters. The van der Waals surface area contributed by atoms with E-state index in [0.29, 0.717) is 51.3 Å². The maximum Gasteiger partial charge on any atom is 0.274 e. The highest BCUT2D eigenvalue weighted by molar-refractivity contribution is 5.92. The van der Waals surface area contributed by atoms with Gasteiger partial charge in [-0.3, -0.25) is 14.6 Å². The molecule has 142 valence electrons. The molecule has 2 aromatic rings. The molecule has 7 heteroatoms. The van der Waals surface area contributed by atoms with Crippen LogP contribution in [0.2, 0.25) is 0 Å². The largest absolute Gasteiger partial charge is 0.494 e. The normalized spacial score (nSPS) is 14.5. The number of rotatable bonds is 6. The molecule has 3 rings (SSSR count). The molecule has 0 aliphatic carbocycles. The van der Waals surface area contributed by atoms with Crippen molar-refractivity contribution in [3.63, 3.8) is 0 Å². The first-order valence-corrected chi connectivity index (χ1v) is 9.25. The molecule has 1 aromatic heterocycles. The first-order chi connectivity index (χ1) is 13.2. The van der Waals surface area contributed by atoms with Gasteiger partial charge >= 0.3 is 0 Å². The van der Waals surface area contributed by atoms with Crippen molar-refractivity contribution in [2.45, 2.75) is 19.3 Å². The number of carbonyl (C=O) groups excluding carboxylic acids is 2. The Labute approximate surface area is 159 Å². The third-order valence-corrected chi connectivity index (χ3v) is 4.47. The molecule has 0 saturated carbocycles. The van der Waals surface area contributed by atoms with Crippen molar-refractivity contribution in [1.82, 2.24) is 19.8 Å². The highest BCUT2D eigenvalue weighted by Crippen LogP contribution is 2.11. The Bertz CT molecular complexity index is 739. The van der Waals surface area contributed by atoms with E-state index in [0.717, 1.165) is 12.2 Å². The molecule has 1 aliphatic rings. The predicted molar refractivity (Wildman–Crippen MR) is 100 cm³/mol. The van der Waals surface area contributed by atoms with Gasteiger partial charge in [-0.25, -0.2) is 4.98 Å². The number of para-hydroxylation sites is 1. The molecule has 0 spiro atoms. The fourth-order valence-electron chi connectivity index (χ4n) is 3.03. The minimum atomic E-state index is -0.131. The van der Waals surface area contributed by atoms with Crippen molar-refractivity contribution < 1.29 is 14.3 Å². The van der Waals surface area contributed by atoms with Crippen LogP contribution in [0.1, 0.15) is 29.8 Å². The number of nitrogens with zero attached hydrogens (tertiary/aromatic N) is 4. The number of hydrogen-bond donors (Lipinski definition) is 0.